The molecule has 0 bridgehead atoms. The van der Waals surface area contributed by atoms with Gasteiger partial charge in [-0.1, -0.05) is 13.8 Å². The molecule has 148 valence electrons. The summed E-state index contributed by atoms with van der Waals surface area (Å²) in [5, 5.41) is 9.95. The molecule has 0 aliphatic carbocycles. The molecule has 1 heterocycles. The second-order valence-electron chi connectivity index (χ2n) is 6.40. The van der Waals surface area contributed by atoms with Crippen molar-refractivity contribution >= 4 is 11.8 Å². The molecule has 26 heavy (non-hydrogen) atoms. The molecule has 0 aliphatic heterocycles. The van der Waals surface area contributed by atoms with E-state index in [1.807, 2.05) is 0 Å². The first-order valence-electron chi connectivity index (χ1n) is 8.28. The van der Waals surface area contributed by atoms with Gasteiger partial charge in [0.25, 0.3) is 0 Å². The van der Waals surface area contributed by atoms with Gasteiger partial charge in [-0.05, 0) is 25.8 Å². The predicted molar refractivity (Wildman–Crippen MR) is 92.8 cm³/mol. The molecule has 0 aromatic carbocycles. The third kappa shape index (κ3) is 5.75. The highest BCUT2D eigenvalue weighted by Crippen LogP contribution is 2.18. The van der Waals surface area contributed by atoms with Gasteiger partial charge >= 0.3 is 11.7 Å². The maximum atomic E-state index is 13.5. The summed E-state index contributed by atoms with van der Waals surface area (Å²) in [4.78, 5) is 27.4. The van der Waals surface area contributed by atoms with Gasteiger partial charge in [0.2, 0.25) is 0 Å². The van der Waals surface area contributed by atoms with Gasteiger partial charge < -0.3 is 26.0 Å². The van der Waals surface area contributed by atoms with Gasteiger partial charge in [0.05, 0.1) is 6.10 Å². The lowest BCUT2D eigenvalue weighted by Gasteiger charge is -2.31. The van der Waals surface area contributed by atoms with Gasteiger partial charge in [0.1, 0.15) is 30.7 Å². The number of aliphatic hydroxyl groups is 1. The van der Waals surface area contributed by atoms with E-state index in [1.54, 1.807) is 13.8 Å². The molecule has 0 radical (unpaired) electrons. The van der Waals surface area contributed by atoms with E-state index in [0.717, 1.165) is 4.57 Å². The van der Waals surface area contributed by atoms with E-state index >= 15 is 0 Å². The van der Waals surface area contributed by atoms with Gasteiger partial charge in [-0.15, -0.1) is 0 Å². The second kappa shape index (κ2) is 9.60. The Kier molecular flexibility index (Phi) is 8.12. The van der Waals surface area contributed by atoms with Crippen LogP contribution in [0.15, 0.2) is 17.1 Å². The lowest BCUT2D eigenvalue weighted by atomic mass is 10.1. The van der Waals surface area contributed by atoms with Crippen LogP contribution in [0.2, 0.25) is 0 Å². The molecule has 0 amide bonds. The number of nitrogen functional groups attached to an aromatic ring is 1. The summed E-state index contributed by atoms with van der Waals surface area (Å²) in [5.41, 5.74) is 10.3. The Morgan fingerprint density at radius 3 is 2.46 bits per heavy atom. The van der Waals surface area contributed by atoms with Crippen LogP contribution in [0.5, 0.6) is 0 Å². The van der Waals surface area contributed by atoms with Crippen molar-refractivity contribution in [2.75, 3.05) is 12.4 Å². The average Bonchev–Trinajstić information content (AvgIpc) is 2.55. The second-order valence-corrected chi connectivity index (χ2v) is 6.40. The third-order valence-electron chi connectivity index (χ3n) is 3.84. The number of carbonyl (C=O) groups excluding carboxylic acids is 1. The van der Waals surface area contributed by atoms with Crippen molar-refractivity contribution < 1.29 is 23.8 Å². The van der Waals surface area contributed by atoms with Crippen molar-refractivity contribution in [3.8, 4) is 0 Å². The number of nitrogens with zero attached hydrogens (tertiary/aromatic N) is 2. The Morgan fingerprint density at radius 1 is 1.38 bits per heavy atom. The van der Waals surface area contributed by atoms with Crippen molar-refractivity contribution in [2.24, 2.45) is 11.7 Å². The average molecular weight is 374 g/mol. The van der Waals surface area contributed by atoms with Crippen molar-refractivity contribution in [3.05, 3.63) is 22.7 Å². The van der Waals surface area contributed by atoms with Crippen LogP contribution >= 0.6 is 0 Å². The summed E-state index contributed by atoms with van der Waals surface area (Å²) in [6, 6.07) is 0.476. The number of nitrogens with two attached hydrogens (primary N) is 2. The van der Waals surface area contributed by atoms with Crippen LogP contribution in [-0.4, -0.2) is 51.7 Å². The molecule has 5 N–H and O–H groups in total. The number of halogens is 1. The fourth-order valence-corrected chi connectivity index (χ4v) is 2.22. The minimum atomic E-state index is -1.37. The summed E-state index contributed by atoms with van der Waals surface area (Å²) in [7, 11) is 0. The zero-order valence-corrected chi connectivity index (χ0v) is 15.3. The zero-order valence-electron chi connectivity index (χ0n) is 15.3. The molecule has 0 saturated carbocycles. The van der Waals surface area contributed by atoms with E-state index in [-0.39, 0.29) is 11.7 Å². The van der Waals surface area contributed by atoms with Crippen LogP contribution in [0.4, 0.5) is 10.2 Å². The van der Waals surface area contributed by atoms with Gasteiger partial charge in [-0.3, -0.25) is 9.36 Å². The third-order valence-corrected chi connectivity index (χ3v) is 3.84. The maximum absolute atomic E-state index is 13.5. The molecule has 1 aromatic rings. The summed E-state index contributed by atoms with van der Waals surface area (Å²) in [6.07, 6.45) is -3.27. The molecule has 10 heteroatoms. The minimum absolute atomic E-state index is 0.0131. The van der Waals surface area contributed by atoms with Crippen LogP contribution in [0.1, 0.15) is 33.9 Å². The largest absolute Gasteiger partial charge is 0.459 e. The first kappa shape index (κ1) is 22.0. The van der Waals surface area contributed by atoms with Gasteiger partial charge in [0, 0.05) is 6.20 Å². The monoisotopic (exact) mass is 374 g/mol. The summed E-state index contributed by atoms with van der Waals surface area (Å²) in [5.74, 6) is -0.815. The van der Waals surface area contributed by atoms with Gasteiger partial charge in [-0.2, -0.15) is 4.98 Å². The molecule has 5 atom stereocenters. The Balaban J connectivity index is 2.94. The Labute approximate surface area is 151 Å². The van der Waals surface area contributed by atoms with E-state index in [9.17, 15) is 19.1 Å². The van der Waals surface area contributed by atoms with Crippen LogP contribution in [0, 0.1) is 5.92 Å². The molecular weight excluding hydrogens is 347 g/mol. The molecule has 1 unspecified atom stereocenters. The fourth-order valence-electron chi connectivity index (χ4n) is 2.22. The number of anilines is 1. The van der Waals surface area contributed by atoms with Crippen molar-refractivity contribution in [1.29, 1.82) is 0 Å². The van der Waals surface area contributed by atoms with Crippen molar-refractivity contribution in [3.63, 3.8) is 0 Å². The molecule has 9 nitrogen and oxygen atoms in total. The molecule has 0 spiro atoms. The topological polar surface area (TPSA) is 143 Å². The molecule has 0 aliphatic rings. The predicted octanol–water partition coefficient (Wildman–Crippen LogP) is -0.0254. The number of hydrogen-bond acceptors (Lipinski definition) is 8. The number of esters is 1. The van der Waals surface area contributed by atoms with Gasteiger partial charge in [-0.25, -0.2) is 9.18 Å². The fraction of sp³-hybridized carbons (Fsp3) is 0.688. The Morgan fingerprint density at radius 2 is 2.00 bits per heavy atom. The lowest BCUT2D eigenvalue weighted by molar-refractivity contribution is -0.179. The first-order valence-corrected chi connectivity index (χ1v) is 8.28. The number of aliphatic hydroxyl groups excluding tert-OH is 1. The standard InChI is InChI=1S/C16H27FN4O5/c1-8(2)13(19)15(23)25-10(4)14(9(3)22)26-12(7-17)21-6-5-11(18)20-16(21)24/h5-6,8-10,12-14,22H,7,19H2,1-4H3,(H2,18,20,24)/t9?,10-,12+,13-,14+/m0/s1. The number of carbonyl (C=O) groups is 1. The summed E-state index contributed by atoms with van der Waals surface area (Å²) < 4.78 is 25.1. The van der Waals surface area contributed by atoms with Crippen molar-refractivity contribution in [2.45, 2.75) is 58.3 Å². The first-order chi connectivity index (χ1) is 12.1. The summed E-state index contributed by atoms with van der Waals surface area (Å²) >= 11 is 0. The van der Waals surface area contributed by atoms with E-state index < -0.39 is 48.9 Å². The highest BCUT2D eigenvalue weighted by molar-refractivity contribution is 5.75. The quantitative estimate of drug-likeness (QED) is 0.512. The molecule has 0 fully saturated rings. The smallest absolute Gasteiger partial charge is 0.351 e. The number of aromatic nitrogens is 2. The SMILES string of the molecule is CC(C)[C@H](N)C(=O)O[C@@H](C)[C@H](O[C@H](CF)n1ccc(N)nc1=O)C(C)O. The molecule has 1 aromatic heterocycles. The van der Waals surface area contributed by atoms with Crippen LogP contribution in [-0.2, 0) is 14.3 Å². The van der Waals surface area contributed by atoms with Crippen molar-refractivity contribution in [1.82, 2.24) is 9.55 Å². The summed E-state index contributed by atoms with van der Waals surface area (Å²) in [6.45, 7) is 5.34. The minimum Gasteiger partial charge on any atom is -0.459 e. The molecule has 1 rings (SSSR count). The van der Waals surface area contributed by atoms with Crippen LogP contribution in [0.3, 0.4) is 0 Å². The van der Waals surface area contributed by atoms with E-state index in [4.69, 9.17) is 20.9 Å². The van der Waals surface area contributed by atoms with E-state index in [1.165, 1.54) is 26.1 Å². The Hall–Kier alpha value is -2.04. The lowest BCUT2D eigenvalue weighted by Crippen LogP contribution is -2.46. The Bertz CT molecular complexity index is 652. The van der Waals surface area contributed by atoms with Crippen LogP contribution in [0.25, 0.3) is 0 Å². The highest BCUT2D eigenvalue weighted by atomic mass is 19.1. The normalized spacial score (nSPS) is 17.4. The number of hydrogen-bond donors (Lipinski definition) is 3. The van der Waals surface area contributed by atoms with E-state index in [2.05, 4.69) is 4.98 Å². The number of alkyl halides is 1. The number of rotatable bonds is 9. The molecular formula is C16H27FN4O5. The zero-order chi connectivity index (χ0) is 20.0. The maximum Gasteiger partial charge on any atom is 0.351 e. The van der Waals surface area contributed by atoms with Gasteiger partial charge in [0.15, 0.2) is 6.23 Å². The van der Waals surface area contributed by atoms with E-state index in [0.29, 0.717) is 0 Å². The number of ether oxygens (including phenoxy) is 2. The van der Waals surface area contributed by atoms with Crippen LogP contribution < -0.4 is 17.2 Å². The molecule has 0 saturated heterocycles. The highest BCUT2D eigenvalue weighted by Gasteiger charge is 2.32.